The van der Waals surface area contributed by atoms with E-state index in [9.17, 15) is 4.79 Å². The highest BCUT2D eigenvalue weighted by atomic mass is 32.1. The van der Waals surface area contributed by atoms with Crippen LogP contribution in [0.3, 0.4) is 0 Å². The van der Waals surface area contributed by atoms with Crippen molar-refractivity contribution in [2.24, 2.45) is 0 Å². The molecule has 1 nitrogen and oxygen atoms in total. The molecule has 84 valence electrons. The minimum absolute atomic E-state index is 0.789. The minimum Gasteiger partial charge on any atom is -0.297 e. The average molecular weight is 276 g/mol. The Balaban J connectivity index is 2.20. The quantitative estimate of drug-likeness (QED) is 0.614. The number of carbonyl (C=O) groups excluding carboxylic acids is 1. The van der Waals surface area contributed by atoms with E-state index in [1.807, 2.05) is 18.2 Å². The van der Waals surface area contributed by atoms with Crippen LogP contribution in [0.25, 0.3) is 20.2 Å². The van der Waals surface area contributed by atoms with E-state index in [0.29, 0.717) is 0 Å². The molecule has 3 heterocycles. The van der Waals surface area contributed by atoms with E-state index in [4.69, 9.17) is 0 Å². The maximum Gasteiger partial charge on any atom is 0.160 e. The molecule has 3 rings (SSSR count). The van der Waals surface area contributed by atoms with Crippen molar-refractivity contribution < 1.29 is 4.79 Å². The summed E-state index contributed by atoms with van der Waals surface area (Å²) in [5.41, 5.74) is 1.18. The standard InChI is InChI=1S/C13H8OS3/c14-8-9-7-10(11-3-1-5-15-11)13(17-9)12-4-2-6-16-12/h1-8H. The van der Waals surface area contributed by atoms with Crippen molar-refractivity contribution >= 4 is 40.3 Å². The van der Waals surface area contributed by atoms with Crippen LogP contribution in [0.4, 0.5) is 0 Å². The first kappa shape index (κ1) is 10.9. The highest BCUT2D eigenvalue weighted by Gasteiger charge is 2.13. The molecule has 0 radical (unpaired) electrons. The van der Waals surface area contributed by atoms with Crippen molar-refractivity contribution in [3.63, 3.8) is 0 Å². The largest absolute Gasteiger partial charge is 0.297 e. The Bertz CT molecular complexity index is 566. The molecule has 0 bridgehead atoms. The zero-order chi connectivity index (χ0) is 11.7. The molecule has 0 aliphatic rings. The molecule has 0 aliphatic carbocycles. The van der Waals surface area contributed by atoms with E-state index in [-0.39, 0.29) is 0 Å². The van der Waals surface area contributed by atoms with E-state index < -0.39 is 0 Å². The Morgan fingerprint density at radius 2 is 1.71 bits per heavy atom. The van der Waals surface area contributed by atoms with Crippen LogP contribution in [-0.4, -0.2) is 6.29 Å². The molecule has 0 saturated carbocycles. The van der Waals surface area contributed by atoms with Crippen molar-refractivity contribution in [2.75, 3.05) is 0 Å². The molecule has 0 unspecified atom stereocenters. The Morgan fingerprint density at radius 1 is 1.00 bits per heavy atom. The lowest BCUT2D eigenvalue weighted by atomic mass is 10.2. The Kier molecular flexibility index (Phi) is 2.93. The summed E-state index contributed by atoms with van der Waals surface area (Å²) < 4.78 is 0. The summed E-state index contributed by atoms with van der Waals surface area (Å²) in [6.07, 6.45) is 0.929. The van der Waals surface area contributed by atoms with Gasteiger partial charge < -0.3 is 0 Å². The first-order valence-electron chi connectivity index (χ1n) is 5.05. The molecule has 0 fully saturated rings. The monoisotopic (exact) mass is 276 g/mol. The smallest absolute Gasteiger partial charge is 0.160 e. The first-order chi connectivity index (χ1) is 8.38. The second kappa shape index (κ2) is 4.56. The molecule has 0 aliphatic heterocycles. The van der Waals surface area contributed by atoms with E-state index in [1.165, 1.54) is 20.2 Å². The fourth-order valence-electron chi connectivity index (χ4n) is 1.67. The van der Waals surface area contributed by atoms with Gasteiger partial charge in [0.15, 0.2) is 6.29 Å². The van der Waals surface area contributed by atoms with Crippen LogP contribution in [0.15, 0.2) is 41.1 Å². The van der Waals surface area contributed by atoms with Gasteiger partial charge in [-0.05, 0) is 29.0 Å². The van der Waals surface area contributed by atoms with Crippen molar-refractivity contribution in [1.82, 2.24) is 0 Å². The fourth-order valence-corrected chi connectivity index (χ4v) is 4.34. The van der Waals surface area contributed by atoms with E-state index >= 15 is 0 Å². The summed E-state index contributed by atoms with van der Waals surface area (Å²) in [7, 11) is 0. The lowest BCUT2D eigenvalue weighted by Gasteiger charge is -1.97. The molecule has 0 aromatic carbocycles. The molecular weight excluding hydrogens is 268 g/mol. The van der Waals surface area contributed by atoms with Crippen molar-refractivity contribution in [3.8, 4) is 20.2 Å². The van der Waals surface area contributed by atoms with Crippen LogP contribution in [0.2, 0.25) is 0 Å². The number of aldehydes is 1. The molecule has 0 amide bonds. The number of hydrogen-bond acceptors (Lipinski definition) is 4. The first-order valence-corrected chi connectivity index (χ1v) is 7.63. The van der Waals surface area contributed by atoms with Gasteiger partial charge in [0.05, 0.1) is 9.75 Å². The average Bonchev–Trinajstić information content (AvgIpc) is 3.09. The fraction of sp³-hybridized carbons (Fsp3) is 0. The summed E-state index contributed by atoms with van der Waals surface area (Å²) in [6, 6.07) is 10.3. The summed E-state index contributed by atoms with van der Waals surface area (Å²) in [5.74, 6) is 0. The predicted octanol–water partition coefficient (Wildman–Crippen LogP) is 5.02. The molecule has 0 N–H and O–H groups in total. The van der Waals surface area contributed by atoms with E-state index in [2.05, 4.69) is 22.9 Å². The number of thiophene rings is 3. The van der Waals surface area contributed by atoms with Crippen molar-refractivity contribution in [3.05, 3.63) is 46.0 Å². The normalized spacial score (nSPS) is 10.6. The highest BCUT2D eigenvalue weighted by Crippen LogP contribution is 2.42. The Labute approximate surface area is 111 Å². The third-order valence-corrected chi connectivity index (χ3v) is 5.41. The van der Waals surface area contributed by atoms with Gasteiger partial charge in [0, 0.05) is 15.3 Å². The SMILES string of the molecule is O=Cc1cc(-c2cccs2)c(-c2cccs2)s1. The van der Waals surface area contributed by atoms with Gasteiger partial charge in [-0.1, -0.05) is 12.1 Å². The van der Waals surface area contributed by atoms with Gasteiger partial charge in [-0.2, -0.15) is 0 Å². The van der Waals surface area contributed by atoms with Crippen molar-refractivity contribution in [2.45, 2.75) is 0 Å². The number of hydrogen-bond donors (Lipinski definition) is 0. The van der Waals surface area contributed by atoms with E-state index in [1.54, 1.807) is 34.0 Å². The zero-order valence-electron chi connectivity index (χ0n) is 8.75. The zero-order valence-corrected chi connectivity index (χ0v) is 11.2. The Morgan fingerprint density at radius 3 is 2.29 bits per heavy atom. The van der Waals surface area contributed by atoms with Gasteiger partial charge in [0.25, 0.3) is 0 Å². The third kappa shape index (κ3) is 1.99. The van der Waals surface area contributed by atoms with Crippen LogP contribution in [-0.2, 0) is 0 Å². The van der Waals surface area contributed by atoms with Crippen LogP contribution >= 0.6 is 34.0 Å². The summed E-state index contributed by atoms with van der Waals surface area (Å²) in [4.78, 5) is 15.4. The van der Waals surface area contributed by atoms with E-state index in [0.717, 1.165) is 11.2 Å². The third-order valence-electron chi connectivity index (χ3n) is 2.40. The van der Waals surface area contributed by atoms with Gasteiger partial charge >= 0.3 is 0 Å². The molecule has 17 heavy (non-hydrogen) atoms. The second-order valence-corrected chi connectivity index (χ2v) is 6.44. The van der Waals surface area contributed by atoms with Gasteiger partial charge in [-0.25, -0.2) is 0 Å². The maximum absolute atomic E-state index is 10.9. The molecule has 3 aromatic rings. The van der Waals surface area contributed by atoms with Crippen LogP contribution < -0.4 is 0 Å². The summed E-state index contributed by atoms with van der Waals surface area (Å²) in [6.45, 7) is 0. The van der Waals surface area contributed by atoms with Crippen LogP contribution in [0.1, 0.15) is 9.67 Å². The predicted molar refractivity (Wildman–Crippen MR) is 76.3 cm³/mol. The number of rotatable bonds is 3. The van der Waals surface area contributed by atoms with Gasteiger partial charge in [-0.3, -0.25) is 4.79 Å². The minimum atomic E-state index is 0.789. The number of carbonyl (C=O) groups is 1. The van der Waals surface area contributed by atoms with Gasteiger partial charge in [0.1, 0.15) is 0 Å². The molecule has 3 aromatic heterocycles. The van der Waals surface area contributed by atoms with Gasteiger partial charge in [0.2, 0.25) is 0 Å². The molecule has 0 saturated heterocycles. The van der Waals surface area contributed by atoms with Crippen LogP contribution in [0, 0.1) is 0 Å². The van der Waals surface area contributed by atoms with Gasteiger partial charge in [-0.15, -0.1) is 34.0 Å². The molecular formula is C13H8OS3. The maximum atomic E-state index is 10.9. The highest BCUT2D eigenvalue weighted by molar-refractivity contribution is 7.23. The Hall–Kier alpha value is -1.23. The topological polar surface area (TPSA) is 17.1 Å². The second-order valence-electron chi connectivity index (χ2n) is 3.46. The summed E-state index contributed by atoms with van der Waals surface area (Å²) in [5, 5.41) is 4.12. The lowest BCUT2D eigenvalue weighted by molar-refractivity contribution is 0.112. The molecule has 0 spiro atoms. The lowest BCUT2D eigenvalue weighted by Crippen LogP contribution is -1.70. The molecule has 4 heteroatoms. The molecule has 0 atom stereocenters. The summed E-state index contributed by atoms with van der Waals surface area (Å²) >= 11 is 4.98. The van der Waals surface area contributed by atoms with Crippen molar-refractivity contribution in [1.29, 1.82) is 0 Å². The van der Waals surface area contributed by atoms with Crippen LogP contribution in [0.5, 0.6) is 0 Å².